The summed E-state index contributed by atoms with van der Waals surface area (Å²) in [5, 5.41) is 12.8. The number of fused-ring (bicyclic) bond motifs is 1. The summed E-state index contributed by atoms with van der Waals surface area (Å²) in [6, 6.07) is 0.270. The maximum absolute atomic E-state index is 11.8. The lowest BCUT2D eigenvalue weighted by Crippen LogP contribution is -2.27. The molecule has 2 heterocycles. The van der Waals surface area contributed by atoms with Crippen LogP contribution in [-0.4, -0.2) is 43.5 Å². The van der Waals surface area contributed by atoms with E-state index in [1.54, 1.807) is 18.0 Å². The van der Waals surface area contributed by atoms with Crippen LogP contribution in [0.3, 0.4) is 0 Å². The number of nitrogens with one attached hydrogen (secondary N) is 2. The minimum absolute atomic E-state index is 0.0937. The molecule has 2 rings (SSSR count). The van der Waals surface area contributed by atoms with Gasteiger partial charge in [-0.2, -0.15) is 5.10 Å². The third-order valence-corrected chi connectivity index (χ3v) is 4.51. The number of anilines is 1. The first-order valence-electron chi connectivity index (χ1n) is 9.34. The first-order chi connectivity index (χ1) is 12.4. The van der Waals surface area contributed by atoms with Crippen LogP contribution < -0.4 is 10.6 Å². The van der Waals surface area contributed by atoms with Crippen molar-refractivity contribution in [1.82, 2.24) is 25.1 Å². The van der Waals surface area contributed by atoms with Crippen LogP contribution >= 0.6 is 11.8 Å². The Morgan fingerprint density at radius 3 is 2.69 bits per heavy atom. The molecule has 8 heteroatoms. The van der Waals surface area contributed by atoms with Crippen LogP contribution in [0.25, 0.3) is 11.0 Å². The largest absolute Gasteiger partial charge is 0.367 e. The van der Waals surface area contributed by atoms with Crippen molar-refractivity contribution in [2.24, 2.45) is 0 Å². The summed E-state index contributed by atoms with van der Waals surface area (Å²) in [5.74, 6) is 0.905. The number of amides is 1. The van der Waals surface area contributed by atoms with Crippen molar-refractivity contribution >= 4 is 34.5 Å². The van der Waals surface area contributed by atoms with Gasteiger partial charge in [-0.25, -0.2) is 14.6 Å². The molecule has 0 aliphatic carbocycles. The third-order valence-electron chi connectivity index (χ3n) is 3.65. The Labute approximate surface area is 159 Å². The molecule has 7 nitrogen and oxygen atoms in total. The van der Waals surface area contributed by atoms with E-state index in [1.165, 1.54) is 0 Å². The van der Waals surface area contributed by atoms with E-state index in [-0.39, 0.29) is 11.9 Å². The van der Waals surface area contributed by atoms with E-state index in [1.807, 2.05) is 4.68 Å². The van der Waals surface area contributed by atoms with Gasteiger partial charge in [-0.1, -0.05) is 39.0 Å². The van der Waals surface area contributed by atoms with Crippen LogP contribution in [0.1, 0.15) is 53.9 Å². The van der Waals surface area contributed by atoms with Crippen molar-refractivity contribution in [3.8, 4) is 0 Å². The Morgan fingerprint density at radius 2 is 2.04 bits per heavy atom. The van der Waals surface area contributed by atoms with E-state index in [4.69, 9.17) is 4.98 Å². The molecule has 0 aliphatic rings. The van der Waals surface area contributed by atoms with Gasteiger partial charge in [0.15, 0.2) is 10.8 Å². The van der Waals surface area contributed by atoms with Gasteiger partial charge in [-0.3, -0.25) is 4.79 Å². The molecule has 0 aromatic carbocycles. The van der Waals surface area contributed by atoms with Crippen molar-refractivity contribution in [3.63, 3.8) is 0 Å². The fraction of sp³-hybridized carbons (Fsp3) is 0.667. The van der Waals surface area contributed by atoms with Crippen LogP contribution in [0.4, 0.5) is 5.82 Å². The molecule has 0 spiro atoms. The Kier molecular flexibility index (Phi) is 7.68. The Balaban J connectivity index is 2.18. The second-order valence-corrected chi connectivity index (χ2v) is 8.42. The van der Waals surface area contributed by atoms with Crippen LogP contribution in [0.15, 0.2) is 11.4 Å². The highest BCUT2D eigenvalue weighted by Gasteiger charge is 2.15. The molecule has 144 valence electrons. The van der Waals surface area contributed by atoms with Crippen LogP contribution in [0.2, 0.25) is 0 Å². The quantitative estimate of drug-likeness (QED) is 0.486. The average molecular weight is 379 g/mol. The molecule has 0 radical (unpaired) electrons. The average Bonchev–Trinajstić information content (AvgIpc) is 2.95. The summed E-state index contributed by atoms with van der Waals surface area (Å²) in [6.45, 7) is 11.6. The number of hydrogen-bond acceptors (Lipinski definition) is 6. The number of unbranched alkanes of at least 4 members (excludes halogenated alkanes) is 1. The van der Waals surface area contributed by atoms with Gasteiger partial charge in [-0.05, 0) is 20.3 Å². The SMILES string of the molecule is CCCCC(=O)NCCn1ncc2c(NC(C)C)nc(SC(C)C)nc21. The van der Waals surface area contributed by atoms with E-state index in [9.17, 15) is 4.79 Å². The summed E-state index contributed by atoms with van der Waals surface area (Å²) in [6.07, 6.45) is 4.32. The minimum Gasteiger partial charge on any atom is -0.367 e. The Morgan fingerprint density at radius 1 is 1.27 bits per heavy atom. The van der Waals surface area contributed by atoms with Gasteiger partial charge in [0.05, 0.1) is 18.1 Å². The maximum Gasteiger partial charge on any atom is 0.220 e. The molecule has 2 N–H and O–H groups in total. The zero-order valence-corrected chi connectivity index (χ0v) is 17.2. The first-order valence-corrected chi connectivity index (χ1v) is 10.2. The highest BCUT2D eigenvalue weighted by molar-refractivity contribution is 7.99. The molecular weight excluding hydrogens is 348 g/mol. The number of carbonyl (C=O) groups excluding carboxylic acids is 1. The summed E-state index contributed by atoms with van der Waals surface area (Å²) in [5.41, 5.74) is 0.800. The lowest BCUT2D eigenvalue weighted by molar-refractivity contribution is -0.121. The molecule has 2 aromatic rings. The maximum atomic E-state index is 11.8. The van der Waals surface area contributed by atoms with Gasteiger partial charge in [-0.15, -0.1) is 0 Å². The topological polar surface area (TPSA) is 84.7 Å². The highest BCUT2D eigenvalue weighted by Crippen LogP contribution is 2.26. The summed E-state index contributed by atoms with van der Waals surface area (Å²) < 4.78 is 1.84. The standard InChI is InChI=1S/C18H30N6OS/c1-6-7-8-15(25)19-9-10-24-17-14(11-20-24)16(21-12(2)3)22-18(23-17)26-13(4)5/h11-13H,6-10H2,1-5H3,(H,19,25)(H,21,22,23). The van der Waals surface area contributed by atoms with Gasteiger partial charge in [0.1, 0.15) is 5.82 Å². The number of thioether (sulfide) groups is 1. The number of nitrogens with zero attached hydrogens (tertiary/aromatic N) is 4. The van der Waals surface area contributed by atoms with Crippen molar-refractivity contribution in [3.05, 3.63) is 6.20 Å². The zero-order valence-electron chi connectivity index (χ0n) is 16.4. The third kappa shape index (κ3) is 5.86. The van der Waals surface area contributed by atoms with Crippen LogP contribution in [-0.2, 0) is 11.3 Å². The van der Waals surface area contributed by atoms with Crippen molar-refractivity contribution < 1.29 is 4.79 Å². The molecule has 2 aromatic heterocycles. The molecule has 0 atom stereocenters. The predicted molar refractivity (Wildman–Crippen MR) is 108 cm³/mol. The van der Waals surface area contributed by atoms with Crippen molar-refractivity contribution in [2.45, 2.75) is 76.9 Å². The lowest BCUT2D eigenvalue weighted by Gasteiger charge is -2.12. The second-order valence-electron chi connectivity index (χ2n) is 6.88. The number of aromatic nitrogens is 4. The molecule has 26 heavy (non-hydrogen) atoms. The molecule has 0 unspecified atom stereocenters. The van der Waals surface area contributed by atoms with Crippen LogP contribution in [0, 0.1) is 0 Å². The van der Waals surface area contributed by atoms with E-state index in [0.29, 0.717) is 24.8 Å². The molecule has 0 bridgehead atoms. The Hall–Kier alpha value is -1.83. The van der Waals surface area contributed by atoms with Gasteiger partial charge in [0, 0.05) is 24.3 Å². The van der Waals surface area contributed by atoms with Crippen LogP contribution in [0.5, 0.6) is 0 Å². The molecule has 0 saturated heterocycles. The van der Waals surface area contributed by atoms with E-state index in [2.05, 4.69) is 55.3 Å². The van der Waals surface area contributed by atoms with E-state index >= 15 is 0 Å². The molecule has 0 fully saturated rings. The van der Waals surface area contributed by atoms with E-state index < -0.39 is 0 Å². The minimum atomic E-state index is 0.0937. The fourth-order valence-electron chi connectivity index (χ4n) is 2.47. The molecule has 0 saturated carbocycles. The zero-order chi connectivity index (χ0) is 19.1. The second kappa shape index (κ2) is 9.75. The van der Waals surface area contributed by atoms with Gasteiger partial charge < -0.3 is 10.6 Å². The van der Waals surface area contributed by atoms with Crippen molar-refractivity contribution in [1.29, 1.82) is 0 Å². The number of hydrogen-bond donors (Lipinski definition) is 2. The summed E-state index contributed by atoms with van der Waals surface area (Å²) >= 11 is 1.63. The monoisotopic (exact) mass is 378 g/mol. The first kappa shape index (κ1) is 20.5. The Bertz CT molecular complexity index is 728. The molecular formula is C18H30N6OS. The summed E-state index contributed by atoms with van der Waals surface area (Å²) in [7, 11) is 0. The summed E-state index contributed by atoms with van der Waals surface area (Å²) in [4.78, 5) is 21.1. The van der Waals surface area contributed by atoms with Gasteiger partial charge in [0.2, 0.25) is 5.91 Å². The van der Waals surface area contributed by atoms with Gasteiger partial charge >= 0.3 is 0 Å². The fourth-order valence-corrected chi connectivity index (χ4v) is 3.18. The predicted octanol–water partition coefficient (Wildman–Crippen LogP) is 3.45. The normalized spacial score (nSPS) is 11.5. The number of carbonyl (C=O) groups is 1. The molecule has 0 aliphatic heterocycles. The van der Waals surface area contributed by atoms with Gasteiger partial charge in [0.25, 0.3) is 0 Å². The lowest BCUT2D eigenvalue weighted by atomic mass is 10.2. The van der Waals surface area contributed by atoms with Crippen molar-refractivity contribution in [2.75, 3.05) is 11.9 Å². The van der Waals surface area contributed by atoms with E-state index in [0.717, 1.165) is 34.8 Å². The number of rotatable bonds is 10. The molecule has 1 amide bonds. The smallest absolute Gasteiger partial charge is 0.220 e. The highest BCUT2D eigenvalue weighted by atomic mass is 32.2.